The van der Waals surface area contributed by atoms with Crippen LogP contribution in [0.15, 0.2) is 23.0 Å². The minimum Gasteiger partial charge on any atom is -0.390 e. The number of aryl methyl sites for hydroxylation is 2. The van der Waals surface area contributed by atoms with Crippen LogP contribution < -0.4 is 5.56 Å². The second-order valence-corrected chi connectivity index (χ2v) is 6.37. The summed E-state index contributed by atoms with van der Waals surface area (Å²) in [7, 11) is 0. The Labute approximate surface area is 145 Å². The van der Waals surface area contributed by atoms with Crippen molar-refractivity contribution in [2.24, 2.45) is 0 Å². The first-order chi connectivity index (χ1) is 12.3. The van der Waals surface area contributed by atoms with Gasteiger partial charge in [-0.05, 0) is 43.0 Å². The smallest absolute Gasteiger partial charge is 0.390 e. The number of H-pyrrole nitrogens is 1. The van der Waals surface area contributed by atoms with E-state index in [0.717, 1.165) is 11.6 Å². The highest BCUT2D eigenvalue weighted by atomic mass is 19.4. The molecule has 2 heterocycles. The Morgan fingerprint density at radius 3 is 2.85 bits per heavy atom. The highest BCUT2D eigenvalue weighted by molar-refractivity contribution is 5.77. The molecule has 1 aliphatic carbocycles. The van der Waals surface area contributed by atoms with Gasteiger partial charge in [-0.15, -0.1) is 0 Å². The van der Waals surface area contributed by atoms with Gasteiger partial charge >= 0.3 is 6.18 Å². The molecule has 136 valence electrons. The van der Waals surface area contributed by atoms with Gasteiger partial charge in [-0.3, -0.25) is 4.79 Å². The second-order valence-electron chi connectivity index (χ2n) is 6.37. The molecule has 6 nitrogen and oxygen atoms in total. The van der Waals surface area contributed by atoms with Crippen LogP contribution in [-0.4, -0.2) is 24.9 Å². The molecule has 9 heteroatoms. The molecule has 0 saturated carbocycles. The summed E-state index contributed by atoms with van der Waals surface area (Å²) in [6.45, 7) is 1.21. The van der Waals surface area contributed by atoms with Crippen LogP contribution in [0.2, 0.25) is 0 Å². The summed E-state index contributed by atoms with van der Waals surface area (Å²) in [5, 5.41) is 14.1. The van der Waals surface area contributed by atoms with Gasteiger partial charge in [0, 0.05) is 0 Å². The van der Waals surface area contributed by atoms with Crippen LogP contribution in [0.25, 0.3) is 11.0 Å². The van der Waals surface area contributed by atoms with E-state index in [4.69, 9.17) is 0 Å². The first-order valence-corrected chi connectivity index (χ1v) is 8.08. The quantitative estimate of drug-likeness (QED) is 0.732. The van der Waals surface area contributed by atoms with E-state index in [9.17, 15) is 23.1 Å². The molecule has 1 atom stereocenters. The molecule has 0 bridgehead atoms. The Morgan fingerprint density at radius 2 is 2.15 bits per heavy atom. The van der Waals surface area contributed by atoms with E-state index in [1.165, 1.54) is 12.1 Å². The number of halogens is 3. The predicted molar refractivity (Wildman–Crippen MR) is 86.7 cm³/mol. The van der Waals surface area contributed by atoms with E-state index in [1.807, 2.05) is 0 Å². The van der Waals surface area contributed by atoms with Crippen LogP contribution in [-0.2, 0) is 19.2 Å². The number of hydrogen-bond donors (Lipinski definition) is 2. The third-order valence-corrected chi connectivity index (χ3v) is 4.71. The fourth-order valence-electron chi connectivity index (χ4n) is 3.58. The standard InChI is InChI=1S/C17H15F3N4O2/c1-8-21-15-14(16(26)22-8)12(7-25)23-24(15)13-5-2-9-6-10(17(18,19)20)3-4-11(9)13/h3-4,6,13,25H,2,5,7H2,1H3,(H,21,22,26)/t13-/m1/s1. The van der Waals surface area contributed by atoms with E-state index in [-0.39, 0.29) is 17.1 Å². The summed E-state index contributed by atoms with van der Waals surface area (Å²) in [6, 6.07) is 3.35. The van der Waals surface area contributed by atoms with Crippen LogP contribution in [0.5, 0.6) is 0 Å². The average Bonchev–Trinajstić information content (AvgIpc) is 3.14. The SMILES string of the molecule is Cc1nc2c(c(CO)nn2[C@@H]2CCc3cc(C(F)(F)F)ccc32)c(=O)[nH]1. The largest absolute Gasteiger partial charge is 0.416 e. The Balaban J connectivity index is 1.88. The molecule has 26 heavy (non-hydrogen) atoms. The van der Waals surface area contributed by atoms with Crippen LogP contribution in [0.3, 0.4) is 0 Å². The van der Waals surface area contributed by atoms with E-state index < -0.39 is 23.9 Å². The molecule has 2 aromatic heterocycles. The lowest BCUT2D eigenvalue weighted by atomic mass is 10.0. The lowest BCUT2D eigenvalue weighted by Gasteiger charge is -2.14. The maximum absolute atomic E-state index is 12.9. The molecular formula is C17H15F3N4O2. The first-order valence-electron chi connectivity index (χ1n) is 8.08. The number of aromatic nitrogens is 4. The number of aromatic amines is 1. The summed E-state index contributed by atoms with van der Waals surface area (Å²) >= 11 is 0. The van der Waals surface area contributed by atoms with Crippen LogP contribution in [0.1, 0.15) is 40.7 Å². The number of alkyl halides is 3. The average molecular weight is 364 g/mol. The van der Waals surface area contributed by atoms with Crippen LogP contribution in [0.4, 0.5) is 13.2 Å². The van der Waals surface area contributed by atoms with E-state index in [2.05, 4.69) is 15.1 Å². The molecular weight excluding hydrogens is 349 g/mol. The number of aliphatic hydroxyl groups excluding tert-OH is 1. The Hall–Kier alpha value is -2.68. The maximum atomic E-state index is 12.9. The molecule has 0 unspecified atom stereocenters. The Bertz CT molecular complexity index is 1070. The highest BCUT2D eigenvalue weighted by Gasteiger charge is 2.34. The Morgan fingerprint density at radius 1 is 1.38 bits per heavy atom. The van der Waals surface area contributed by atoms with Crippen molar-refractivity contribution in [3.8, 4) is 0 Å². The number of fused-ring (bicyclic) bond motifs is 2. The normalized spacial score (nSPS) is 17.0. The molecule has 0 amide bonds. The number of nitrogens with one attached hydrogen (secondary N) is 1. The van der Waals surface area contributed by atoms with Gasteiger partial charge in [0.15, 0.2) is 5.65 Å². The summed E-state index contributed by atoms with van der Waals surface area (Å²) in [6.07, 6.45) is -3.37. The third kappa shape index (κ3) is 2.50. The van der Waals surface area contributed by atoms with Crippen LogP contribution >= 0.6 is 0 Å². The summed E-state index contributed by atoms with van der Waals surface area (Å²) < 4.78 is 40.3. The van der Waals surface area contributed by atoms with Crippen molar-refractivity contribution in [3.05, 3.63) is 56.8 Å². The van der Waals surface area contributed by atoms with Gasteiger partial charge in [-0.1, -0.05) is 6.07 Å². The van der Waals surface area contributed by atoms with Crippen molar-refractivity contribution >= 4 is 11.0 Å². The predicted octanol–water partition coefficient (Wildman–Crippen LogP) is 2.47. The van der Waals surface area contributed by atoms with E-state index in [1.54, 1.807) is 11.6 Å². The van der Waals surface area contributed by atoms with Crippen molar-refractivity contribution in [2.45, 2.75) is 38.6 Å². The van der Waals surface area contributed by atoms with E-state index in [0.29, 0.717) is 29.9 Å². The molecule has 0 aliphatic heterocycles. The summed E-state index contributed by atoms with van der Waals surface area (Å²) in [4.78, 5) is 19.1. The van der Waals surface area contributed by atoms with Gasteiger partial charge in [0.1, 0.15) is 16.9 Å². The van der Waals surface area contributed by atoms with Crippen molar-refractivity contribution in [1.29, 1.82) is 0 Å². The fraction of sp³-hybridized carbons (Fsp3) is 0.353. The minimum absolute atomic E-state index is 0.203. The third-order valence-electron chi connectivity index (χ3n) is 4.71. The zero-order chi connectivity index (χ0) is 18.6. The molecule has 0 spiro atoms. The molecule has 1 aromatic carbocycles. The summed E-state index contributed by atoms with van der Waals surface area (Å²) in [5.41, 5.74) is 0.798. The number of hydrogen-bond acceptors (Lipinski definition) is 4. The van der Waals surface area contributed by atoms with Crippen LogP contribution in [0, 0.1) is 6.92 Å². The lowest BCUT2D eigenvalue weighted by Crippen LogP contribution is -2.14. The molecule has 4 rings (SSSR count). The molecule has 1 aliphatic rings. The molecule has 0 radical (unpaired) electrons. The lowest BCUT2D eigenvalue weighted by molar-refractivity contribution is -0.137. The van der Waals surface area contributed by atoms with Crippen molar-refractivity contribution in [2.75, 3.05) is 0 Å². The van der Waals surface area contributed by atoms with Crippen molar-refractivity contribution in [3.63, 3.8) is 0 Å². The highest BCUT2D eigenvalue weighted by Crippen LogP contribution is 2.39. The second kappa shape index (κ2) is 5.66. The maximum Gasteiger partial charge on any atom is 0.416 e. The van der Waals surface area contributed by atoms with Gasteiger partial charge in [0.05, 0.1) is 18.2 Å². The zero-order valence-electron chi connectivity index (χ0n) is 13.8. The number of nitrogens with zero attached hydrogens (tertiary/aromatic N) is 3. The van der Waals surface area contributed by atoms with Gasteiger partial charge in [0.25, 0.3) is 5.56 Å². The molecule has 3 aromatic rings. The van der Waals surface area contributed by atoms with Gasteiger partial charge in [0.2, 0.25) is 0 Å². The van der Waals surface area contributed by atoms with Crippen molar-refractivity contribution < 1.29 is 18.3 Å². The first kappa shape index (κ1) is 16.8. The molecule has 0 saturated heterocycles. The minimum atomic E-state index is -4.39. The number of aliphatic hydroxyl groups is 1. The molecule has 0 fully saturated rings. The van der Waals surface area contributed by atoms with Crippen molar-refractivity contribution in [1.82, 2.24) is 19.7 Å². The summed E-state index contributed by atoms with van der Waals surface area (Å²) in [5.74, 6) is 0.402. The van der Waals surface area contributed by atoms with E-state index >= 15 is 0 Å². The molecule has 2 N–H and O–H groups in total. The fourth-order valence-corrected chi connectivity index (χ4v) is 3.58. The van der Waals surface area contributed by atoms with Gasteiger partial charge < -0.3 is 10.1 Å². The Kier molecular flexibility index (Phi) is 3.65. The zero-order valence-corrected chi connectivity index (χ0v) is 13.8. The number of rotatable bonds is 2. The van der Waals surface area contributed by atoms with Gasteiger partial charge in [-0.25, -0.2) is 9.67 Å². The monoisotopic (exact) mass is 364 g/mol. The van der Waals surface area contributed by atoms with Gasteiger partial charge in [-0.2, -0.15) is 18.3 Å². The topological polar surface area (TPSA) is 83.8 Å². The number of benzene rings is 1.